The first-order valence-corrected chi connectivity index (χ1v) is 6.46. The summed E-state index contributed by atoms with van der Waals surface area (Å²) in [5.41, 5.74) is 1.81. The number of carbonyl (C=O) groups excluding carboxylic acids is 1. The molecule has 0 saturated heterocycles. The molecule has 1 aliphatic heterocycles. The van der Waals surface area contributed by atoms with Crippen LogP contribution in [-0.2, 0) is 0 Å². The number of hydrogen-bond acceptors (Lipinski definition) is 3. The van der Waals surface area contributed by atoms with Gasteiger partial charge in [0.2, 0.25) is 0 Å². The van der Waals surface area contributed by atoms with Gasteiger partial charge in [-0.1, -0.05) is 23.7 Å². The number of benzene rings is 1. The van der Waals surface area contributed by atoms with Crippen molar-refractivity contribution in [3.05, 3.63) is 46.2 Å². The van der Waals surface area contributed by atoms with Gasteiger partial charge in [0.15, 0.2) is 5.78 Å². The number of rotatable bonds is 1. The van der Waals surface area contributed by atoms with Crippen LogP contribution in [0.3, 0.4) is 0 Å². The van der Waals surface area contributed by atoms with E-state index in [0.717, 1.165) is 15.9 Å². The molecule has 0 fully saturated rings. The molecule has 1 aromatic heterocycles. The molecule has 0 amide bonds. The summed E-state index contributed by atoms with van der Waals surface area (Å²) in [5, 5.41) is 2.01. The lowest BCUT2D eigenvalue weighted by molar-refractivity contribution is 0.0854. The highest BCUT2D eigenvalue weighted by atomic mass is 32.1. The summed E-state index contributed by atoms with van der Waals surface area (Å²) in [7, 11) is 1.99. The fourth-order valence-electron chi connectivity index (χ4n) is 2.07. The zero-order valence-corrected chi connectivity index (χ0v) is 10.3. The van der Waals surface area contributed by atoms with Crippen LogP contribution in [0.15, 0.2) is 35.7 Å². The first-order valence-electron chi connectivity index (χ1n) is 5.58. The Morgan fingerprint density at radius 3 is 3.00 bits per heavy atom. The number of hydrogen-bond donors (Lipinski definition) is 0. The van der Waals surface area contributed by atoms with Crippen LogP contribution in [0, 0.1) is 0 Å². The largest absolute Gasteiger partial charge is 0.484 e. The molecule has 3 rings (SSSR count). The van der Waals surface area contributed by atoms with Crippen LogP contribution >= 0.6 is 11.3 Å². The Kier molecular flexibility index (Phi) is 2.52. The van der Waals surface area contributed by atoms with E-state index in [-0.39, 0.29) is 11.9 Å². The Morgan fingerprint density at radius 1 is 1.35 bits per heavy atom. The third-order valence-electron chi connectivity index (χ3n) is 2.94. The number of ether oxygens (including phenoxy) is 1. The molecule has 4 heteroatoms. The molecule has 0 radical (unpaired) electrons. The summed E-state index contributed by atoms with van der Waals surface area (Å²) in [6.07, 6.45) is 0.328. The molecule has 1 atom stereocenters. The molecule has 84 valence electrons. The first kappa shape index (κ1) is 10.6. The minimum absolute atomic E-state index is 0.113. The second-order valence-corrected chi connectivity index (χ2v) is 5.23. The number of fused-ring (bicyclic) bond motifs is 1. The fourth-order valence-corrected chi connectivity index (χ4v) is 2.83. The SMILES string of the molecule is Bc1ccc2c(c1)C(=O)CC(c1cccs1)O2. The number of ketones is 1. The summed E-state index contributed by atoms with van der Waals surface area (Å²) in [6, 6.07) is 9.77. The van der Waals surface area contributed by atoms with Crippen LogP contribution in [-0.4, -0.2) is 13.6 Å². The Bertz CT molecular complexity index is 563. The van der Waals surface area contributed by atoms with E-state index in [1.807, 2.05) is 43.6 Å². The van der Waals surface area contributed by atoms with Gasteiger partial charge in [-0.15, -0.1) is 11.3 Å². The third kappa shape index (κ3) is 1.89. The van der Waals surface area contributed by atoms with Crippen molar-refractivity contribution in [2.45, 2.75) is 12.5 Å². The van der Waals surface area contributed by atoms with Crippen LogP contribution in [0.1, 0.15) is 27.8 Å². The molecule has 0 spiro atoms. The Hall–Kier alpha value is -1.55. The van der Waals surface area contributed by atoms with Gasteiger partial charge < -0.3 is 4.74 Å². The number of carbonyl (C=O) groups is 1. The van der Waals surface area contributed by atoms with Crippen molar-refractivity contribution in [3.63, 3.8) is 0 Å². The number of thiophene rings is 1. The van der Waals surface area contributed by atoms with E-state index in [1.54, 1.807) is 11.3 Å². The normalized spacial score (nSPS) is 18.6. The van der Waals surface area contributed by atoms with Gasteiger partial charge in [-0.3, -0.25) is 4.79 Å². The van der Waals surface area contributed by atoms with Gasteiger partial charge in [0, 0.05) is 4.88 Å². The summed E-state index contributed by atoms with van der Waals surface area (Å²) in [5.74, 6) is 0.888. The molecule has 1 unspecified atom stereocenters. The van der Waals surface area contributed by atoms with E-state index in [9.17, 15) is 4.79 Å². The van der Waals surface area contributed by atoms with Crippen molar-refractivity contribution >= 4 is 30.4 Å². The predicted molar refractivity (Wildman–Crippen MR) is 71.3 cm³/mol. The van der Waals surface area contributed by atoms with E-state index < -0.39 is 0 Å². The van der Waals surface area contributed by atoms with Crippen LogP contribution in [0.2, 0.25) is 0 Å². The topological polar surface area (TPSA) is 26.3 Å². The number of Topliss-reactive ketones (excluding diaryl/α,β-unsaturated/α-hetero) is 1. The molecule has 1 aromatic carbocycles. The van der Waals surface area contributed by atoms with Crippen LogP contribution < -0.4 is 10.2 Å². The smallest absolute Gasteiger partial charge is 0.170 e. The maximum absolute atomic E-state index is 12.1. The second-order valence-electron chi connectivity index (χ2n) is 4.25. The highest BCUT2D eigenvalue weighted by Crippen LogP contribution is 2.35. The average molecular weight is 242 g/mol. The monoisotopic (exact) mass is 242 g/mol. The van der Waals surface area contributed by atoms with Gasteiger partial charge in [0.25, 0.3) is 0 Å². The maximum atomic E-state index is 12.1. The maximum Gasteiger partial charge on any atom is 0.170 e. The highest BCUT2D eigenvalue weighted by Gasteiger charge is 2.27. The van der Waals surface area contributed by atoms with E-state index in [2.05, 4.69) is 0 Å². The van der Waals surface area contributed by atoms with Crippen molar-refractivity contribution < 1.29 is 9.53 Å². The fraction of sp³-hybridized carbons (Fsp3) is 0.154. The van der Waals surface area contributed by atoms with Crippen LogP contribution in [0.25, 0.3) is 0 Å². The van der Waals surface area contributed by atoms with Gasteiger partial charge >= 0.3 is 0 Å². The molecule has 2 aromatic rings. The Labute approximate surface area is 105 Å². The lowest BCUT2D eigenvalue weighted by atomic mass is 9.90. The second kappa shape index (κ2) is 4.04. The molecule has 1 aliphatic rings. The van der Waals surface area contributed by atoms with Gasteiger partial charge in [-0.05, 0) is 17.5 Å². The molecule has 0 N–H and O–H groups in total. The molecule has 2 heterocycles. The molecular weight excluding hydrogens is 231 g/mol. The summed E-state index contributed by atoms with van der Waals surface area (Å²) in [4.78, 5) is 13.2. The van der Waals surface area contributed by atoms with Crippen molar-refractivity contribution in [1.29, 1.82) is 0 Å². The van der Waals surface area contributed by atoms with Crippen LogP contribution in [0.5, 0.6) is 5.75 Å². The minimum atomic E-state index is -0.113. The summed E-state index contributed by atoms with van der Waals surface area (Å²) in [6.45, 7) is 0. The molecule has 0 saturated carbocycles. The minimum Gasteiger partial charge on any atom is -0.484 e. The van der Waals surface area contributed by atoms with E-state index in [1.165, 1.54) is 0 Å². The Balaban J connectivity index is 1.99. The van der Waals surface area contributed by atoms with E-state index >= 15 is 0 Å². The van der Waals surface area contributed by atoms with Crippen LogP contribution in [0.4, 0.5) is 0 Å². The molecule has 2 nitrogen and oxygen atoms in total. The lowest BCUT2D eigenvalue weighted by Gasteiger charge is -2.24. The summed E-state index contributed by atoms with van der Waals surface area (Å²) >= 11 is 1.63. The van der Waals surface area contributed by atoms with Gasteiger partial charge in [0.05, 0.1) is 12.0 Å². The first-order chi connectivity index (χ1) is 8.24. The Morgan fingerprint density at radius 2 is 2.24 bits per heavy atom. The van der Waals surface area contributed by atoms with Gasteiger partial charge in [-0.2, -0.15) is 0 Å². The molecular formula is C13H11BO2S. The zero-order chi connectivity index (χ0) is 11.8. The lowest BCUT2D eigenvalue weighted by Crippen LogP contribution is -2.21. The predicted octanol–water partition coefficient (Wildman–Crippen LogP) is 1.71. The summed E-state index contributed by atoms with van der Waals surface area (Å²) < 4.78 is 5.89. The van der Waals surface area contributed by atoms with Crippen molar-refractivity contribution in [2.24, 2.45) is 0 Å². The molecule has 17 heavy (non-hydrogen) atoms. The van der Waals surface area contributed by atoms with Gasteiger partial charge in [0.1, 0.15) is 19.7 Å². The standard InChI is InChI=1S/C13H11BO2S/c14-8-3-4-11-9(6-8)10(15)7-12(16-11)13-2-1-5-17-13/h1-6,12H,7,14H2. The van der Waals surface area contributed by atoms with E-state index in [4.69, 9.17) is 4.74 Å². The highest BCUT2D eigenvalue weighted by molar-refractivity contribution is 7.10. The van der Waals surface area contributed by atoms with Crippen molar-refractivity contribution in [3.8, 4) is 5.75 Å². The quantitative estimate of drug-likeness (QED) is 0.711. The van der Waals surface area contributed by atoms with E-state index in [0.29, 0.717) is 12.2 Å². The third-order valence-corrected chi connectivity index (χ3v) is 3.90. The van der Waals surface area contributed by atoms with Crippen molar-refractivity contribution in [1.82, 2.24) is 0 Å². The molecule has 0 bridgehead atoms. The van der Waals surface area contributed by atoms with Crippen molar-refractivity contribution in [2.75, 3.05) is 0 Å². The zero-order valence-electron chi connectivity index (χ0n) is 9.47. The van der Waals surface area contributed by atoms with Gasteiger partial charge in [-0.25, -0.2) is 0 Å². The average Bonchev–Trinajstić information content (AvgIpc) is 2.83. The molecule has 0 aliphatic carbocycles.